The monoisotopic (exact) mass is 202 g/mol. The Bertz CT molecular complexity index is 162. The molecule has 0 radical (unpaired) electrons. The Morgan fingerprint density at radius 3 is 2.43 bits per heavy atom. The molecule has 0 spiro atoms. The van der Waals surface area contributed by atoms with Crippen molar-refractivity contribution in [3.8, 4) is 0 Å². The summed E-state index contributed by atoms with van der Waals surface area (Å²) in [7, 11) is 0. The number of hydrogen-bond acceptors (Lipinski definition) is 3. The van der Waals surface area contributed by atoms with Crippen LogP contribution in [0.5, 0.6) is 0 Å². The third kappa shape index (κ3) is 4.94. The van der Waals surface area contributed by atoms with Crippen LogP contribution in [0.25, 0.3) is 0 Å². The van der Waals surface area contributed by atoms with Gasteiger partial charge in [0.1, 0.15) is 0 Å². The fraction of sp³-hybridized carbons (Fsp3) is 1.00. The van der Waals surface area contributed by atoms with Gasteiger partial charge in [0.15, 0.2) is 0 Å². The van der Waals surface area contributed by atoms with Gasteiger partial charge in [-0.05, 0) is 40.0 Å². The van der Waals surface area contributed by atoms with E-state index in [1.165, 1.54) is 0 Å². The summed E-state index contributed by atoms with van der Waals surface area (Å²) in [4.78, 5) is 0. The lowest BCUT2D eigenvalue weighted by Gasteiger charge is -2.20. The maximum Gasteiger partial charge on any atom is 0.0707 e. The van der Waals surface area contributed by atoms with Crippen LogP contribution in [0.2, 0.25) is 0 Å². The van der Waals surface area contributed by atoms with Crippen molar-refractivity contribution < 1.29 is 14.6 Å². The van der Waals surface area contributed by atoms with Gasteiger partial charge in [-0.1, -0.05) is 0 Å². The molecule has 0 aromatic carbocycles. The minimum atomic E-state index is -0.150. The second kappa shape index (κ2) is 5.10. The summed E-state index contributed by atoms with van der Waals surface area (Å²) < 4.78 is 11.1. The van der Waals surface area contributed by atoms with Crippen LogP contribution in [0.15, 0.2) is 0 Å². The average Bonchev–Trinajstić information content (AvgIpc) is 2.44. The van der Waals surface area contributed by atoms with Crippen molar-refractivity contribution in [2.24, 2.45) is 0 Å². The van der Waals surface area contributed by atoms with E-state index >= 15 is 0 Å². The minimum Gasteiger partial charge on any atom is -0.393 e. The Morgan fingerprint density at radius 2 is 1.93 bits per heavy atom. The Labute approximate surface area is 86.4 Å². The first-order valence-corrected chi connectivity index (χ1v) is 5.41. The maximum atomic E-state index is 9.27. The van der Waals surface area contributed by atoms with Crippen LogP contribution in [-0.2, 0) is 9.47 Å². The molecule has 0 amide bonds. The van der Waals surface area contributed by atoms with Gasteiger partial charge < -0.3 is 14.6 Å². The number of hydrogen-bond donors (Lipinski definition) is 1. The van der Waals surface area contributed by atoms with Gasteiger partial charge in [0.05, 0.1) is 31.0 Å². The first-order valence-electron chi connectivity index (χ1n) is 5.41. The zero-order chi connectivity index (χ0) is 10.6. The number of ether oxygens (including phenoxy) is 2. The highest BCUT2D eigenvalue weighted by Crippen LogP contribution is 2.21. The molecule has 1 saturated carbocycles. The topological polar surface area (TPSA) is 38.7 Å². The average molecular weight is 202 g/mol. The molecule has 1 aliphatic rings. The van der Waals surface area contributed by atoms with Crippen LogP contribution < -0.4 is 0 Å². The fourth-order valence-corrected chi connectivity index (χ4v) is 1.63. The van der Waals surface area contributed by atoms with E-state index in [0.717, 1.165) is 19.3 Å². The van der Waals surface area contributed by atoms with E-state index < -0.39 is 0 Å². The molecule has 0 saturated heterocycles. The molecule has 0 bridgehead atoms. The lowest BCUT2D eigenvalue weighted by Crippen LogP contribution is -2.23. The van der Waals surface area contributed by atoms with E-state index in [1.54, 1.807) is 0 Å². The molecule has 3 nitrogen and oxygen atoms in total. The first kappa shape index (κ1) is 12.0. The number of rotatable bonds is 4. The van der Waals surface area contributed by atoms with E-state index in [2.05, 4.69) is 0 Å². The largest absolute Gasteiger partial charge is 0.393 e. The molecule has 2 unspecified atom stereocenters. The molecule has 0 aromatic rings. The fourth-order valence-electron chi connectivity index (χ4n) is 1.63. The smallest absolute Gasteiger partial charge is 0.0707 e. The molecule has 1 fully saturated rings. The van der Waals surface area contributed by atoms with Crippen molar-refractivity contribution >= 4 is 0 Å². The Balaban J connectivity index is 1.99. The summed E-state index contributed by atoms with van der Waals surface area (Å²) in [6, 6.07) is 0. The van der Waals surface area contributed by atoms with Crippen molar-refractivity contribution in [2.75, 3.05) is 13.2 Å². The highest BCUT2D eigenvalue weighted by Gasteiger charge is 2.23. The Morgan fingerprint density at radius 1 is 1.21 bits per heavy atom. The van der Waals surface area contributed by atoms with Crippen LogP contribution in [-0.4, -0.2) is 36.1 Å². The second-order valence-corrected chi connectivity index (χ2v) is 4.92. The number of aliphatic hydroxyl groups excluding tert-OH is 1. The van der Waals surface area contributed by atoms with Crippen LogP contribution >= 0.6 is 0 Å². The normalized spacial score (nSPS) is 28.3. The van der Waals surface area contributed by atoms with E-state index in [1.807, 2.05) is 20.8 Å². The highest BCUT2D eigenvalue weighted by atomic mass is 16.5. The van der Waals surface area contributed by atoms with Gasteiger partial charge in [-0.15, -0.1) is 0 Å². The van der Waals surface area contributed by atoms with Gasteiger partial charge >= 0.3 is 0 Å². The SMILES string of the molecule is CC(C)(C)OCCOC1CCC(O)C1. The van der Waals surface area contributed by atoms with E-state index in [0.29, 0.717) is 13.2 Å². The zero-order valence-corrected chi connectivity index (χ0v) is 9.45. The molecule has 1 aliphatic carbocycles. The van der Waals surface area contributed by atoms with Gasteiger partial charge in [-0.2, -0.15) is 0 Å². The first-order chi connectivity index (χ1) is 6.47. The molecule has 0 heterocycles. The van der Waals surface area contributed by atoms with Crippen molar-refractivity contribution in [3.63, 3.8) is 0 Å². The summed E-state index contributed by atoms with van der Waals surface area (Å²) >= 11 is 0. The van der Waals surface area contributed by atoms with Gasteiger partial charge in [0, 0.05) is 0 Å². The third-order valence-corrected chi connectivity index (χ3v) is 2.33. The summed E-state index contributed by atoms with van der Waals surface area (Å²) in [5.74, 6) is 0. The van der Waals surface area contributed by atoms with Crippen LogP contribution in [0, 0.1) is 0 Å². The van der Waals surface area contributed by atoms with Crippen molar-refractivity contribution in [1.29, 1.82) is 0 Å². The Hall–Kier alpha value is -0.120. The van der Waals surface area contributed by atoms with Crippen LogP contribution in [0.3, 0.4) is 0 Å². The van der Waals surface area contributed by atoms with Crippen LogP contribution in [0.1, 0.15) is 40.0 Å². The predicted molar refractivity (Wildman–Crippen MR) is 55.3 cm³/mol. The van der Waals surface area contributed by atoms with E-state index in [-0.39, 0.29) is 17.8 Å². The lowest BCUT2D eigenvalue weighted by molar-refractivity contribution is -0.0518. The van der Waals surface area contributed by atoms with Crippen molar-refractivity contribution in [3.05, 3.63) is 0 Å². The summed E-state index contributed by atoms with van der Waals surface area (Å²) in [6.07, 6.45) is 2.74. The van der Waals surface area contributed by atoms with Gasteiger partial charge in [0.25, 0.3) is 0 Å². The maximum absolute atomic E-state index is 9.27. The minimum absolute atomic E-state index is 0.0848. The second-order valence-electron chi connectivity index (χ2n) is 4.92. The summed E-state index contributed by atoms with van der Waals surface area (Å²) in [5.41, 5.74) is -0.0848. The number of aliphatic hydroxyl groups is 1. The molecule has 1 rings (SSSR count). The van der Waals surface area contributed by atoms with E-state index in [4.69, 9.17) is 9.47 Å². The summed E-state index contributed by atoms with van der Waals surface area (Å²) in [5, 5.41) is 9.27. The molecule has 2 atom stereocenters. The molecule has 14 heavy (non-hydrogen) atoms. The summed E-state index contributed by atoms with van der Waals surface area (Å²) in [6.45, 7) is 7.37. The highest BCUT2D eigenvalue weighted by molar-refractivity contribution is 4.74. The van der Waals surface area contributed by atoms with Crippen LogP contribution in [0.4, 0.5) is 0 Å². The van der Waals surface area contributed by atoms with Crippen molar-refractivity contribution in [2.45, 2.75) is 57.8 Å². The third-order valence-electron chi connectivity index (χ3n) is 2.33. The Kier molecular flexibility index (Phi) is 4.35. The quantitative estimate of drug-likeness (QED) is 0.706. The molecule has 84 valence electrons. The van der Waals surface area contributed by atoms with Gasteiger partial charge in [-0.25, -0.2) is 0 Å². The van der Waals surface area contributed by atoms with Gasteiger partial charge in [-0.3, -0.25) is 0 Å². The van der Waals surface area contributed by atoms with Crippen molar-refractivity contribution in [1.82, 2.24) is 0 Å². The molecule has 0 aromatic heterocycles. The predicted octanol–water partition coefficient (Wildman–Crippen LogP) is 1.73. The zero-order valence-electron chi connectivity index (χ0n) is 9.45. The van der Waals surface area contributed by atoms with E-state index in [9.17, 15) is 5.11 Å². The molecule has 3 heteroatoms. The van der Waals surface area contributed by atoms with Gasteiger partial charge in [0.2, 0.25) is 0 Å². The molecular weight excluding hydrogens is 180 g/mol. The molecule has 0 aliphatic heterocycles. The standard InChI is InChI=1S/C11H22O3/c1-11(2,3)14-7-6-13-10-5-4-9(12)8-10/h9-10,12H,4-8H2,1-3H3. The molecule has 1 N–H and O–H groups in total. The lowest BCUT2D eigenvalue weighted by atomic mass is 10.2. The molecular formula is C11H22O3.